The van der Waals surface area contributed by atoms with Crippen molar-refractivity contribution in [2.24, 2.45) is 0 Å². The summed E-state index contributed by atoms with van der Waals surface area (Å²) in [5.41, 5.74) is 0.944. The fourth-order valence-corrected chi connectivity index (χ4v) is 2.05. The van der Waals surface area contributed by atoms with Crippen molar-refractivity contribution in [1.82, 2.24) is 14.5 Å². The molecule has 0 saturated carbocycles. The summed E-state index contributed by atoms with van der Waals surface area (Å²) >= 11 is 1.54. The van der Waals surface area contributed by atoms with E-state index in [0.717, 1.165) is 10.7 Å². The molecule has 2 aromatic rings. The normalized spacial score (nSPS) is 13.0. The first-order valence-corrected chi connectivity index (χ1v) is 5.19. The number of hydrogen-bond donors (Lipinski definition) is 1. The summed E-state index contributed by atoms with van der Waals surface area (Å²) in [6, 6.07) is -0.101. The molecule has 0 spiro atoms. The Kier molecular flexibility index (Phi) is 2.60. The Morgan fingerprint density at radius 1 is 1.57 bits per heavy atom. The molecule has 0 aliphatic rings. The van der Waals surface area contributed by atoms with Crippen molar-refractivity contribution in [1.29, 1.82) is 0 Å². The molecule has 0 radical (unpaired) electrons. The summed E-state index contributed by atoms with van der Waals surface area (Å²) < 4.78 is 1.88. The highest BCUT2D eigenvalue weighted by molar-refractivity contribution is 7.09. The monoisotopic (exact) mass is 209 g/mol. The van der Waals surface area contributed by atoms with E-state index in [1.807, 2.05) is 23.1 Å². The topological polar surface area (TPSA) is 50.9 Å². The van der Waals surface area contributed by atoms with Crippen LogP contribution in [0.4, 0.5) is 0 Å². The van der Waals surface area contributed by atoms with Gasteiger partial charge in [0.2, 0.25) is 0 Å². The SMILES string of the molecule is Cc1cn(C(CO)c2nccs2)cn1. The predicted octanol–water partition coefficient (Wildman–Crippen LogP) is 1.23. The van der Waals surface area contributed by atoms with E-state index in [1.165, 1.54) is 11.3 Å². The minimum Gasteiger partial charge on any atom is -0.394 e. The van der Waals surface area contributed by atoms with Crippen molar-refractivity contribution in [3.05, 3.63) is 34.8 Å². The molecule has 1 unspecified atom stereocenters. The number of hydrogen-bond acceptors (Lipinski definition) is 4. The Morgan fingerprint density at radius 2 is 2.43 bits per heavy atom. The van der Waals surface area contributed by atoms with Crippen molar-refractivity contribution >= 4 is 11.3 Å². The molecule has 0 aliphatic heterocycles. The van der Waals surface area contributed by atoms with E-state index in [4.69, 9.17) is 0 Å². The van der Waals surface area contributed by atoms with Gasteiger partial charge in [-0.25, -0.2) is 9.97 Å². The van der Waals surface area contributed by atoms with E-state index in [-0.39, 0.29) is 12.6 Å². The van der Waals surface area contributed by atoms with Crippen molar-refractivity contribution in [2.75, 3.05) is 6.61 Å². The molecule has 2 aromatic heterocycles. The first-order valence-electron chi connectivity index (χ1n) is 4.31. The van der Waals surface area contributed by atoms with Gasteiger partial charge >= 0.3 is 0 Å². The summed E-state index contributed by atoms with van der Waals surface area (Å²) in [5.74, 6) is 0. The smallest absolute Gasteiger partial charge is 0.118 e. The summed E-state index contributed by atoms with van der Waals surface area (Å²) in [5, 5.41) is 12.1. The van der Waals surface area contributed by atoms with Gasteiger partial charge in [0.25, 0.3) is 0 Å². The first-order chi connectivity index (χ1) is 6.81. The Morgan fingerprint density at radius 3 is 2.93 bits per heavy atom. The number of rotatable bonds is 3. The molecule has 0 saturated heterocycles. The summed E-state index contributed by atoms with van der Waals surface area (Å²) in [4.78, 5) is 8.31. The van der Waals surface area contributed by atoms with Gasteiger partial charge in [0.05, 0.1) is 18.6 Å². The zero-order valence-electron chi connectivity index (χ0n) is 7.79. The van der Waals surface area contributed by atoms with Crippen LogP contribution in [0.25, 0.3) is 0 Å². The molecule has 0 aromatic carbocycles. The Bertz CT molecular complexity index is 396. The third kappa shape index (κ3) is 1.69. The second-order valence-electron chi connectivity index (χ2n) is 3.03. The molecular formula is C9H11N3OS. The number of nitrogens with zero attached hydrogens (tertiary/aromatic N) is 3. The van der Waals surface area contributed by atoms with Crippen molar-refractivity contribution in [2.45, 2.75) is 13.0 Å². The van der Waals surface area contributed by atoms with Gasteiger partial charge in [-0.1, -0.05) is 0 Å². The largest absolute Gasteiger partial charge is 0.394 e. The first kappa shape index (κ1) is 9.36. The highest BCUT2D eigenvalue weighted by Crippen LogP contribution is 2.19. The molecule has 5 heteroatoms. The molecule has 14 heavy (non-hydrogen) atoms. The van der Waals surface area contributed by atoms with Crippen molar-refractivity contribution in [3.63, 3.8) is 0 Å². The Balaban J connectivity index is 2.31. The van der Waals surface area contributed by atoms with Crippen LogP contribution < -0.4 is 0 Å². The quantitative estimate of drug-likeness (QED) is 0.827. The van der Waals surface area contributed by atoms with Crippen LogP contribution in [0.3, 0.4) is 0 Å². The van der Waals surface area contributed by atoms with Crippen LogP contribution in [0.5, 0.6) is 0 Å². The lowest BCUT2D eigenvalue weighted by Crippen LogP contribution is -2.12. The molecular weight excluding hydrogens is 198 g/mol. The Hall–Kier alpha value is -1.20. The van der Waals surface area contributed by atoms with Gasteiger partial charge in [0.15, 0.2) is 0 Å². The maximum Gasteiger partial charge on any atom is 0.118 e. The number of aliphatic hydroxyl groups excluding tert-OH is 1. The molecule has 0 fully saturated rings. The van der Waals surface area contributed by atoms with Gasteiger partial charge in [-0.2, -0.15) is 0 Å². The second-order valence-corrected chi connectivity index (χ2v) is 3.96. The van der Waals surface area contributed by atoms with Gasteiger partial charge in [-0.3, -0.25) is 0 Å². The van der Waals surface area contributed by atoms with E-state index in [2.05, 4.69) is 9.97 Å². The zero-order valence-corrected chi connectivity index (χ0v) is 8.61. The molecule has 0 bridgehead atoms. The lowest BCUT2D eigenvalue weighted by molar-refractivity contribution is 0.249. The molecule has 1 N–H and O–H groups in total. The van der Waals surface area contributed by atoms with Crippen LogP contribution in [0.15, 0.2) is 24.1 Å². The molecule has 2 rings (SSSR count). The Labute approximate surface area is 85.9 Å². The minimum absolute atomic E-state index is 0.0450. The van der Waals surface area contributed by atoms with Crippen molar-refractivity contribution in [3.8, 4) is 0 Å². The van der Waals surface area contributed by atoms with Crippen LogP contribution in [-0.4, -0.2) is 26.2 Å². The van der Waals surface area contributed by atoms with Crippen LogP contribution in [0.1, 0.15) is 16.7 Å². The average molecular weight is 209 g/mol. The van der Waals surface area contributed by atoms with Gasteiger partial charge in [-0.15, -0.1) is 11.3 Å². The van der Waals surface area contributed by atoms with E-state index >= 15 is 0 Å². The van der Waals surface area contributed by atoms with E-state index in [9.17, 15) is 5.11 Å². The van der Waals surface area contributed by atoms with E-state index < -0.39 is 0 Å². The number of aryl methyl sites for hydroxylation is 1. The standard InChI is InChI=1S/C9H11N3OS/c1-7-4-12(6-11-7)8(5-13)9-10-2-3-14-9/h2-4,6,8,13H,5H2,1H3. The van der Waals surface area contributed by atoms with Crippen LogP contribution in [0.2, 0.25) is 0 Å². The van der Waals surface area contributed by atoms with Crippen LogP contribution in [0, 0.1) is 6.92 Å². The van der Waals surface area contributed by atoms with E-state index in [0.29, 0.717) is 0 Å². The maximum absolute atomic E-state index is 9.28. The maximum atomic E-state index is 9.28. The lowest BCUT2D eigenvalue weighted by Gasteiger charge is -2.11. The lowest BCUT2D eigenvalue weighted by atomic mass is 10.3. The highest BCUT2D eigenvalue weighted by atomic mass is 32.1. The molecule has 74 valence electrons. The van der Waals surface area contributed by atoms with Crippen molar-refractivity contribution < 1.29 is 5.11 Å². The van der Waals surface area contributed by atoms with Gasteiger partial charge in [-0.05, 0) is 6.92 Å². The second kappa shape index (κ2) is 3.89. The van der Waals surface area contributed by atoms with Gasteiger partial charge in [0, 0.05) is 17.8 Å². The number of aliphatic hydroxyl groups is 1. The van der Waals surface area contributed by atoms with Gasteiger partial charge < -0.3 is 9.67 Å². The van der Waals surface area contributed by atoms with Gasteiger partial charge in [0.1, 0.15) is 11.0 Å². The number of aromatic nitrogens is 3. The third-order valence-corrected chi connectivity index (χ3v) is 2.88. The third-order valence-electron chi connectivity index (χ3n) is 2.00. The summed E-state index contributed by atoms with van der Waals surface area (Å²) in [6.07, 6.45) is 5.37. The molecule has 0 aliphatic carbocycles. The molecule has 4 nitrogen and oxygen atoms in total. The molecule has 0 amide bonds. The minimum atomic E-state index is -0.101. The number of thiazole rings is 1. The summed E-state index contributed by atoms with van der Waals surface area (Å²) in [7, 11) is 0. The fraction of sp³-hybridized carbons (Fsp3) is 0.333. The van der Waals surface area contributed by atoms with Crippen LogP contribution in [-0.2, 0) is 0 Å². The highest BCUT2D eigenvalue weighted by Gasteiger charge is 2.14. The van der Waals surface area contributed by atoms with E-state index in [1.54, 1.807) is 12.5 Å². The zero-order chi connectivity index (χ0) is 9.97. The molecule has 1 atom stereocenters. The fourth-order valence-electron chi connectivity index (χ4n) is 1.31. The van der Waals surface area contributed by atoms with Crippen LogP contribution >= 0.6 is 11.3 Å². The predicted molar refractivity (Wildman–Crippen MR) is 54.3 cm³/mol. The average Bonchev–Trinajstić information content (AvgIpc) is 2.79. The summed E-state index contributed by atoms with van der Waals surface area (Å²) in [6.45, 7) is 1.97. The number of imidazole rings is 1. The molecule has 2 heterocycles.